The molecule has 1 aromatic heterocycles. The van der Waals surface area contributed by atoms with Crippen molar-refractivity contribution in [1.29, 1.82) is 0 Å². The first-order chi connectivity index (χ1) is 12.0. The highest BCUT2D eigenvalue weighted by Crippen LogP contribution is 2.26. The molecule has 0 bridgehead atoms. The van der Waals surface area contributed by atoms with Crippen LogP contribution in [0.15, 0.2) is 18.2 Å². The van der Waals surface area contributed by atoms with Gasteiger partial charge in [-0.25, -0.2) is 4.98 Å². The number of anilines is 1. The zero-order valence-corrected chi connectivity index (χ0v) is 17.6. The highest BCUT2D eigenvalue weighted by Gasteiger charge is 2.30. The van der Waals surface area contributed by atoms with E-state index in [0.717, 1.165) is 10.6 Å². The van der Waals surface area contributed by atoms with Gasteiger partial charge in [0.25, 0.3) is 5.91 Å². The lowest BCUT2D eigenvalue weighted by atomic mass is 10.0. The van der Waals surface area contributed by atoms with E-state index in [-0.39, 0.29) is 23.4 Å². The molecule has 0 saturated heterocycles. The van der Waals surface area contributed by atoms with Crippen LogP contribution >= 0.6 is 34.5 Å². The molecule has 26 heavy (non-hydrogen) atoms. The van der Waals surface area contributed by atoms with Crippen LogP contribution in [0, 0.1) is 13.8 Å². The first-order valence-electron chi connectivity index (χ1n) is 8.00. The maximum atomic E-state index is 13.0. The standard InChI is InChI=1S/C18H21Cl2N3O2S/c1-10-11(2)26-17(21-10)22-15(24)9-23(18(3,4)5)16(25)13-7-6-12(19)8-14(13)20/h6-8H,9H2,1-5H3,(H,21,22,24). The molecule has 0 aliphatic rings. The molecule has 1 N–H and O–H groups in total. The fraction of sp³-hybridized carbons (Fsp3) is 0.389. The predicted octanol–water partition coefficient (Wildman–Crippen LogP) is 4.95. The second-order valence-corrected chi connectivity index (χ2v) is 8.94. The first kappa shape index (κ1) is 20.7. The van der Waals surface area contributed by atoms with Gasteiger partial charge >= 0.3 is 0 Å². The van der Waals surface area contributed by atoms with Crippen LogP contribution in [0.5, 0.6) is 0 Å². The van der Waals surface area contributed by atoms with E-state index in [9.17, 15) is 9.59 Å². The molecule has 1 aromatic carbocycles. The number of hydrogen-bond donors (Lipinski definition) is 1. The van der Waals surface area contributed by atoms with E-state index < -0.39 is 5.54 Å². The third-order valence-corrected chi connectivity index (χ3v) is 5.33. The Labute approximate surface area is 167 Å². The van der Waals surface area contributed by atoms with E-state index in [1.807, 2.05) is 34.6 Å². The topological polar surface area (TPSA) is 62.3 Å². The fourth-order valence-electron chi connectivity index (χ4n) is 2.25. The Morgan fingerprint density at radius 3 is 2.38 bits per heavy atom. The Bertz CT molecular complexity index is 824. The molecule has 0 aliphatic heterocycles. The Hall–Kier alpha value is -1.63. The number of halogens is 2. The normalized spacial score (nSPS) is 11.3. The van der Waals surface area contributed by atoms with Crippen molar-refractivity contribution in [2.24, 2.45) is 0 Å². The number of nitrogens with one attached hydrogen (secondary N) is 1. The lowest BCUT2D eigenvalue weighted by molar-refractivity contribution is -0.117. The van der Waals surface area contributed by atoms with Gasteiger partial charge in [0.1, 0.15) is 6.54 Å². The molecule has 0 unspecified atom stereocenters. The number of rotatable bonds is 4. The molecule has 2 aromatic rings. The van der Waals surface area contributed by atoms with Gasteiger partial charge in [-0.1, -0.05) is 23.2 Å². The molecule has 0 fully saturated rings. The molecular formula is C18H21Cl2N3O2S. The second-order valence-electron chi connectivity index (χ2n) is 6.90. The highest BCUT2D eigenvalue weighted by atomic mass is 35.5. The molecule has 2 amide bonds. The highest BCUT2D eigenvalue weighted by molar-refractivity contribution is 7.15. The molecule has 5 nitrogen and oxygen atoms in total. The van der Waals surface area contributed by atoms with Crippen molar-refractivity contribution in [2.45, 2.75) is 40.2 Å². The number of aryl methyl sites for hydroxylation is 2. The van der Waals surface area contributed by atoms with Crippen LogP contribution in [0.3, 0.4) is 0 Å². The quantitative estimate of drug-likeness (QED) is 0.771. The van der Waals surface area contributed by atoms with Gasteiger partial charge < -0.3 is 10.2 Å². The summed E-state index contributed by atoms with van der Waals surface area (Å²) in [4.78, 5) is 32.3. The van der Waals surface area contributed by atoms with Crippen LogP contribution in [-0.4, -0.2) is 33.8 Å². The smallest absolute Gasteiger partial charge is 0.256 e. The van der Waals surface area contributed by atoms with Crippen LogP contribution in [-0.2, 0) is 4.79 Å². The van der Waals surface area contributed by atoms with Crippen LogP contribution in [0.25, 0.3) is 0 Å². The van der Waals surface area contributed by atoms with Crippen molar-refractivity contribution in [1.82, 2.24) is 9.88 Å². The van der Waals surface area contributed by atoms with Gasteiger partial charge in [-0.2, -0.15) is 0 Å². The Morgan fingerprint density at radius 2 is 1.88 bits per heavy atom. The van der Waals surface area contributed by atoms with Crippen molar-refractivity contribution >= 4 is 51.5 Å². The Morgan fingerprint density at radius 1 is 1.23 bits per heavy atom. The number of amides is 2. The Kier molecular flexibility index (Phi) is 6.32. The summed E-state index contributed by atoms with van der Waals surface area (Å²) >= 11 is 13.5. The first-order valence-corrected chi connectivity index (χ1v) is 9.57. The summed E-state index contributed by atoms with van der Waals surface area (Å²) in [6.45, 7) is 9.29. The average molecular weight is 414 g/mol. The maximum absolute atomic E-state index is 13.0. The molecule has 1 heterocycles. The average Bonchev–Trinajstić information content (AvgIpc) is 2.81. The number of thiazole rings is 1. The van der Waals surface area contributed by atoms with E-state index in [0.29, 0.717) is 15.7 Å². The number of nitrogens with zero attached hydrogens (tertiary/aromatic N) is 2. The van der Waals surface area contributed by atoms with E-state index in [1.165, 1.54) is 22.3 Å². The van der Waals surface area contributed by atoms with Crippen molar-refractivity contribution < 1.29 is 9.59 Å². The van der Waals surface area contributed by atoms with E-state index in [2.05, 4.69) is 10.3 Å². The largest absolute Gasteiger partial charge is 0.324 e. The van der Waals surface area contributed by atoms with Gasteiger partial charge in [0.2, 0.25) is 5.91 Å². The summed E-state index contributed by atoms with van der Waals surface area (Å²) in [5.74, 6) is -0.645. The molecule has 0 saturated carbocycles. The molecule has 0 spiro atoms. The third kappa shape index (κ3) is 4.96. The number of hydrogen-bond acceptors (Lipinski definition) is 4. The number of carbonyl (C=O) groups is 2. The molecule has 2 rings (SSSR count). The summed E-state index contributed by atoms with van der Waals surface area (Å²) in [5, 5.41) is 3.98. The monoisotopic (exact) mass is 413 g/mol. The lowest BCUT2D eigenvalue weighted by Crippen LogP contribution is -2.49. The third-order valence-electron chi connectivity index (χ3n) is 3.79. The minimum Gasteiger partial charge on any atom is -0.324 e. The molecule has 140 valence electrons. The van der Waals surface area contributed by atoms with E-state index >= 15 is 0 Å². The van der Waals surface area contributed by atoms with E-state index in [1.54, 1.807) is 12.1 Å². The number of benzene rings is 1. The van der Waals surface area contributed by atoms with Crippen LogP contribution in [0.2, 0.25) is 10.0 Å². The van der Waals surface area contributed by atoms with Crippen LogP contribution in [0.4, 0.5) is 5.13 Å². The summed E-state index contributed by atoms with van der Waals surface area (Å²) in [6.07, 6.45) is 0. The van der Waals surface area contributed by atoms with Crippen molar-refractivity contribution in [3.63, 3.8) is 0 Å². The second kappa shape index (κ2) is 7.94. The van der Waals surface area contributed by atoms with Gasteiger partial charge in [0.15, 0.2) is 5.13 Å². The zero-order valence-electron chi connectivity index (χ0n) is 15.3. The number of aromatic nitrogens is 1. The van der Waals surface area contributed by atoms with Crippen molar-refractivity contribution in [3.8, 4) is 0 Å². The summed E-state index contributed by atoms with van der Waals surface area (Å²) in [5.41, 5.74) is 0.605. The summed E-state index contributed by atoms with van der Waals surface area (Å²) in [7, 11) is 0. The summed E-state index contributed by atoms with van der Waals surface area (Å²) < 4.78 is 0. The van der Waals surface area contributed by atoms with Gasteiger partial charge in [-0.3, -0.25) is 9.59 Å². The minimum atomic E-state index is -0.577. The lowest BCUT2D eigenvalue weighted by Gasteiger charge is -2.35. The van der Waals surface area contributed by atoms with Crippen molar-refractivity contribution in [2.75, 3.05) is 11.9 Å². The van der Waals surface area contributed by atoms with Crippen LogP contribution in [0.1, 0.15) is 41.7 Å². The maximum Gasteiger partial charge on any atom is 0.256 e. The van der Waals surface area contributed by atoms with Crippen LogP contribution < -0.4 is 5.32 Å². The predicted molar refractivity (Wildman–Crippen MR) is 107 cm³/mol. The zero-order chi connectivity index (χ0) is 19.6. The fourth-order valence-corrected chi connectivity index (χ4v) is 3.57. The minimum absolute atomic E-state index is 0.112. The number of carbonyl (C=O) groups excluding carboxylic acids is 2. The SMILES string of the molecule is Cc1nc(NC(=O)CN(C(=O)c2ccc(Cl)cc2Cl)C(C)(C)C)sc1C. The van der Waals surface area contributed by atoms with Gasteiger partial charge in [-0.15, -0.1) is 11.3 Å². The van der Waals surface area contributed by atoms with Gasteiger partial charge in [-0.05, 0) is 52.8 Å². The van der Waals surface area contributed by atoms with E-state index in [4.69, 9.17) is 23.2 Å². The summed E-state index contributed by atoms with van der Waals surface area (Å²) in [6, 6.07) is 4.68. The van der Waals surface area contributed by atoms with Crippen molar-refractivity contribution in [3.05, 3.63) is 44.4 Å². The molecule has 0 aliphatic carbocycles. The van der Waals surface area contributed by atoms with Gasteiger partial charge in [0.05, 0.1) is 16.3 Å². The molecule has 0 radical (unpaired) electrons. The molecular weight excluding hydrogens is 393 g/mol. The van der Waals surface area contributed by atoms with Gasteiger partial charge in [0, 0.05) is 15.4 Å². The molecule has 0 atom stereocenters. The Balaban J connectivity index is 2.21. The molecule has 8 heteroatoms.